The minimum Gasteiger partial charge on any atom is -0.389 e. The van der Waals surface area contributed by atoms with E-state index in [1.807, 2.05) is 12.1 Å². The van der Waals surface area contributed by atoms with Gasteiger partial charge in [0.05, 0.1) is 6.10 Å². The van der Waals surface area contributed by atoms with Gasteiger partial charge in [0.2, 0.25) is 0 Å². The van der Waals surface area contributed by atoms with E-state index < -0.39 is 6.10 Å². The Kier molecular flexibility index (Phi) is 4.55. The summed E-state index contributed by atoms with van der Waals surface area (Å²) in [5.74, 6) is 1.59. The summed E-state index contributed by atoms with van der Waals surface area (Å²) in [5, 5.41) is 9.78. The van der Waals surface area contributed by atoms with E-state index in [2.05, 4.69) is 9.88 Å². The maximum Gasteiger partial charge on any atom is 0.134 e. The number of ether oxygens (including phenoxy) is 1. The maximum absolute atomic E-state index is 9.78. The van der Waals surface area contributed by atoms with Crippen LogP contribution in [0.2, 0.25) is 0 Å². The van der Waals surface area contributed by atoms with Crippen LogP contribution in [0.25, 0.3) is 0 Å². The smallest absolute Gasteiger partial charge is 0.134 e. The molecular weight excluding hydrogens is 228 g/mol. The van der Waals surface area contributed by atoms with Gasteiger partial charge in [0.25, 0.3) is 0 Å². The molecule has 1 aromatic rings. The second kappa shape index (κ2) is 6.16. The Morgan fingerprint density at radius 2 is 2.22 bits per heavy atom. The van der Waals surface area contributed by atoms with Crippen molar-refractivity contribution in [2.24, 2.45) is 5.92 Å². The number of pyridine rings is 1. The van der Waals surface area contributed by atoms with Crippen molar-refractivity contribution in [2.45, 2.75) is 25.9 Å². The third-order valence-corrected chi connectivity index (χ3v) is 3.58. The summed E-state index contributed by atoms with van der Waals surface area (Å²) in [7, 11) is 1.76. The lowest BCUT2D eigenvalue weighted by Gasteiger charge is -2.33. The molecule has 0 saturated carbocycles. The molecule has 4 nitrogen and oxygen atoms in total. The van der Waals surface area contributed by atoms with E-state index in [9.17, 15) is 5.11 Å². The molecule has 1 atom stereocenters. The molecule has 1 aliphatic heterocycles. The Bertz CT molecular complexity index is 374. The average molecular weight is 250 g/mol. The number of aliphatic hydroxyl groups is 1. The van der Waals surface area contributed by atoms with Crippen molar-refractivity contribution in [2.75, 3.05) is 31.7 Å². The van der Waals surface area contributed by atoms with Crippen LogP contribution >= 0.6 is 0 Å². The van der Waals surface area contributed by atoms with E-state index in [0.717, 1.165) is 43.9 Å². The van der Waals surface area contributed by atoms with Crippen LogP contribution in [0.3, 0.4) is 0 Å². The third kappa shape index (κ3) is 3.00. The molecule has 0 aromatic carbocycles. The van der Waals surface area contributed by atoms with Crippen LogP contribution in [0, 0.1) is 5.92 Å². The number of rotatable bonds is 4. The van der Waals surface area contributed by atoms with E-state index in [-0.39, 0.29) is 0 Å². The average Bonchev–Trinajstić information content (AvgIpc) is 2.40. The van der Waals surface area contributed by atoms with Gasteiger partial charge in [-0.05, 0) is 31.7 Å². The fourth-order valence-electron chi connectivity index (χ4n) is 2.55. The fourth-order valence-corrected chi connectivity index (χ4v) is 2.55. The molecule has 18 heavy (non-hydrogen) atoms. The van der Waals surface area contributed by atoms with Crippen LogP contribution in [-0.2, 0) is 4.74 Å². The van der Waals surface area contributed by atoms with Crippen molar-refractivity contribution in [3.63, 3.8) is 0 Å². The summed E-state index contributed by atoms with van der Waals surface area (Å²) in [6.45, 7) is 4.62. The lowest BCUT2D eigenvalue weighted by atomic mass is 9.97. The molecule has 1 fully saturated rings. The highest BCUT2D eigenvalue weighted by molar-refractivity contribution is 5.48. The van der Waals surface area contributed by atoms with E-state index >= 15 is 0 Å². The molecule has 2 rings (SSSR count). The van der Waals surface area contributed by atoms with E-state index in [0.29, 0.717) is 5.92 Å². The SMILES string of the molecule is COCC1CCN(c2ncccc2C(C)O)CC1. The number of methoxy groups -OCH3 is 1. The Labute approximate surface area is 109 Å². The molecule has 0 radical (unpaired) electrons. The van der Waals surface area contributed by atoms with E-state index in [1.54, 1.807) is 20.2 Å². The van der Waals surface area contributed by atoms with Crippen LogP contribution in [0.4, 0.5) is 5.82 Å². The number of aromatic nitrogens is 1. The number of piperidine rings is 1. The Morgan fingerprint density at radius 1 is 1.50 bits per heavy atom. The molecular formula is C14H22N2O2. The molecule has 0 aliphatic carbocycles. The van der Waals surface area contributed by atoms with Crippen molar-refractivity contribution in [1.82, 2.24) is 4.98 Å². The first-order chi connectivity index (χ1) is 8.72. The second-order valence-corrected chi connectivity index (χ2v) is 4.98. The van der Waals surface area contributed by atoms with Crippen LogP contribution in [-0.4, -0.2) is 36.9 Å². The molecule has 0 bridgehead atoms. The van der Waals surface area contributed by atoms with Gasteiger partial charge in [-0.3, -0.25) is 0 Å². The summed E-state index contributed by atoms with van der Waals surface area (Å²) >= 11 is 0. The summed E-state index contributed by atoms with van der Waals surface area (Å²) in [5.41, 5.74) is 0.919. The highest BCUT2D eigenvalue weighted by atomic mass is 16.5. The molecule has 1 aliphatic rings. The van der Waals surface area contributed by atoms with Crippen molar-refractivity contribution in [1.29, 1.82) is 0 Å². The Hall–Kier alpha value is -1.13. The summed E-state index contributed by atoms with van der Waals surface area (Å²) < 4.78 is 5.21. The van der Waals surface area contributed by atoms with E-state index in [1.165, 1.54) is 0 Å². The van der Waals surface area contributed by atoms with Gasteiger partial charge in [0, 0.05) is 38.6 Å². The van der Waals surface area contributed by atoms with Crippen molar-refractivity contribution in [3.8, 4) is 0 Å². The Balaban J connectivity index is 2.05. The number of nitrogens with zero attached hydrogens (tertiary/aromatic N) is 2. The van der Waals surface area contributed by atoms with Crippen molar-refractivity contribution >= 4 is 5.82 Å². The molecule has 0 spiro atoms. The first-order valence-electron chi connectivity index (χ1n) is 6.59. The highest BCUT2D eigenvalue weighted by Gasteiger charge is 2.22. The van der Waals surface area contributed by atoms with Gasteiger partial charge in [-0.15, -0.1) is 0 Å². The zero-order valence-electron chi connectivity index (χ0n) is 11.2. The minimum absolute atomic E-state index is 0.467. The van der Waals surface area contributed by atoms with Gasteiger partial charge >= 0.3 is 0 Å². The van der Waals surface area contributed by atoms with Crippen molar-refractivity contribution < 1.29 is 9.84 Å². The molecule has 100 valence electrons. The Morgan fingerprint density at radius 3 is 2.83 bits per heavy atom. The van der Waals surface area contributed by atoms with Gasteiger partial charge in [-0.2, -0.15) is 0 Å². The number of hydrogen-bond acceptors (Lipinski definition) is 4. The molecule has 0 amide bonds. The van der Waals surface area contributed by atoms with E-state index in [4.69, 9.17) is 4.74 Å². The molecule has 2 heterocycles. The summed E-state index contributed by atoms with van der Waals surface area (Å²) in [6.07, 6.45) is 3.58. The number of anilines is 1. The van der Waals surface area contributed by atoms with Crippen LogP contribution in [0.15, 0.2) is 18.3 Å². The quantitative estimate of drug-likeness (QED) is 0.887. The van der Waals surface area contributed by atoms with Crippen LogP contribution in [0.1, 0.15) is 31.4 Å². The monoisotopic (exact) mass is 250 g/mol. The zero-order valence-corrected chi connectivity index (χ0v) is 11.2. The molecule has 1 aromatic heterocycles. The molecule has 1 unspecified atom stereocenters. The lowest BCUT2D eigenvalue weighted by Crippen LogP contribution is -2.36. The summed E-state index contributed by atoms with van der Waals surface area (Å²) in [4.78, 5) is 6.70. The lowest BCUT2D eigenvalue weighted by molar-refractivity contribution is 0.138. The zero-order chi connectivity index (χ0) is 13.0. The molecule has 1 N–H and O–H groups in total. The third-order valence-electron chi connectivity index (χ3n) is 3.58. The second-order valence-electron chi connectivity index (χ2n) is 4.98. The first-order valence-corrected chi connectivity index (χ1v) is 6.59. The predicted molar refractivity (Wildman–Crippen MR) is 71.7 cm³/mol. The minimum atomic E-state index is -0.467. The normalized spacial score (nSPS) is 18.9. The van der Waals surface area contributed by atoms with Gasteiger partial charge in [-0.25, -0.2) is 4.98 Å². The van der Waals surface area contributed by atoms with Gasteiger partial charge < -0.3 is 14.7 Å². The molecule has 1 saturated heterocycles. The largest absolute Gasteiger partial charge is 0.389 e. The van der Waals surface area contributed by atoms with Crippen molar-refractivity contribution in [3.05, 3.63) is 23.9 Å². The summed E-state index contributed by atoms with van der Waals surface area (Å²) in [6, 6.07) is 3.83. The van der Waals surface area contributed by atoms with Crippen LogP contribution < -0.4 is 4.90 Å². The predicted octanol–water partition coefficient (Wildman–Crippen LogP) is 2.00. The highest BCUT2D eigenvalue weighted by Crippen LogP contribution is 2.27. The first kappa shape index (κ1) is 13.3. The van der Waals surface area contributed by atoms with Crippen LogP contribution in [0.5, 0.6) is 0 Å². The van der Waals surface area contributed by atoms with Gasteiger partial charge in [0.15, 0.2) is 0 Å². The standard InChI is InChI=1S/C14H22N2O2/c1-11(17)13-4-3-7-15-14(13)16-8-5-12(6-9-16)10-18-2/h3-4,7,11-12,17H,5-6,8-10H2,1-2H3. The topological polar surface area (TPSA) is 45.6 Å². The van der Waals surface area contributed by atoms with Gasteiger partial charge in [-0.1, -0.05) is 6.07 Å². The number of aliphatic hydroxyl groups excluding tert-OH is 1. The fraction of sp³-hybridized carbons (Fsp3) is 0.643. The number of hydrogen-bond donors (Lipinski definition) is 1. The van der Waals surface area contributed by atoms with Gasteiger partial charge in [0.1, 0.15) is 5.82 Å². The molecule has 4 heteroatoms. The maximum atomic E-state index is 9.78.